The van der Waals surface area contributed by atoms with Gasteiger partial charge in [-0.25, -0.2) is 0 Å². The summed E-state index contributed by atoms with van der Waals surface area (Å²) in [6.07, 6.45) is 3.53. The van der Waals surface area contributed by atoms with E-state index in [1.54, 1.807) is 20.3 Å². The van der Waals surface area contributed by atoms with Crippen molar-refractivity contribution in [3.05, 3.63) is 45.7 Å². The van der Waals surface area contributed by atoms with Crippen molar-refractivity contribution in [2.24, 2.45) is 0 Å². The molecule has 0 saturated carbocycles. The third kappa shape index (κ3) is 2.10. The molecule has 0 bridgehead atoms. The highest BCUT2D eigenvalue weighted by Crippen LogP contribution is 2.41. The number of benzene rings is 1. The number of nitrogens with zero attached hydrogens (tertiary/aromatic N) is 1. The van der Waals surface area contributed by atoms with Crippen LogP contribution < -0.4 is 14.9 Å². The first kappa shape index (κ1) is 14.7. The number of rotatable bonds is 3. The molecule has 1 unspecified atom stereocenters. The van der Waals surface area contributed by atoms with Crippen LogP contribution in [0.15, 0.2) is 29.2 Å². The highest BCUT2D eigenvalue weighted by molar-refractivity contribution is 5.73. The van der Waals surface area contributed by atoms with Gasteiger partial charge in [-0.3, -0.25) is 4.79 Å². The Hall–Kier alpha value is -2.23. The molecule has 0 radical (unpaired) electrons. The van der Waals surface area contributed by atoms with Crippen molar-refractivity contribution in [1.29, 1.82) is 0 Å². The van der Waals surface area contributed by atoms with Gasteiger partial charge in [0.15, 0.2) is 16.9 Å². The van der Waals surface area contributed by atoms with Gasteiger partial charge in [0, 0.05) is 29.4 Å². The minimum Gasteiger partial charge on any atom is -0.493 e. The lowest BCUT2D eigenvalue weighted by atomic mass is 9.90. The molecule has 0 saturated heterocycles. The lowest BCUT2D eigenvalue weighted by molar-refractivity contribution is 0.354. The van der Waals surface area contributed by atoms with E-state index in [1.165, 1.54) is 5.56 Å². The molecule has 0 spiro atoms. The minimum absolute atomic E-state index is 0.101. The Morgan fingerprint density at radius 1 is 1.23 bits per heavy atom. The van der Waals surface area contributed by atoms with Gasteiger partial charge in [-0.2, -0.15) is 0 Å². The molecule has 1 atom stereocenters. The van der Waals surface area contributed by atoms with E-state index >= 15 is 0 Å². The summed E-state index contributed by atoms with van der Waals surface area (Å²) in [5, 5.41) is 0. The second-order valence-electron chi connectivity index (χ2n) is 5.69. The monoisotopic (exact) mass is 299 g/mol. The predicted molar refractivity (Wildman–Crippen MR) is 87.0 cm³/mol. The van der Waals surface area contributed by atoms with Crippen molar-refractivity contribution in [2.45, 2.75) is 32.7 Å². The maximum Gasteiger partial charge on any atom is 0.185 e. The van der Waals surface area contributed by atoms with E-state index in [0.717, 1.165) is 35.4 Å². The molecule has 0 fully saturated rings. The molecule has 4 heteroatoms. The van der Waals surface area contributed by atoms with Crippen molar-refractivity contribution in [1.82, 2.24) is 4.57 Å². The third-order valence-electron chi connectivity index (χ3n) is 4.44. The molecule has 2 heterocycles. The van der Waals surface area contributed by atoms with Crippen LogP contribution in [0.5, 0.6) is 11.5 Å². The molecular weight excluding hydrogens is 278 g/mol. The molecule has 0 N–H and O–H groups in total. The van der Waals surface area contributed by atoms with Gasteiger partial charge in [-0.05, 0) is 37.5 Å². The summed E-state index contributed by atoms with van der Waals surface area (Å²) < 4.78 is 13.1. The summed E-state index contributed by atoms with van der Waals surface area (Å²) in [7, 11) is 3.28. The van der Waals surface area contributed by atoms with Crippen LogP contribution in [0, 0.1) is 0 Å². The Bertz CT molecular complexity index is 777. The lowest BCUT2D eigenvalue weighted by Crippen LogP contribution is -2.23. The minimum atomic E-state index is 0.101. The van der Waals surface area contributed by atoms with Crippen molar-refractivity contribution in [2.75, 3.05) is 14.2 Å². The Morgan fingerprint density at radius 2 is 1.91 bits per heavy atom. The summed E-state index contributed by atoms with van der Waals surface area (Å²) >= 11 is 0. The summed E-state index contributed by atoms with van der Waals surface area (Å²) in [5.74, 6) is 1.43. The van der Waals surface area contributed by atoms with Crippen LogP contribution in [0.1, 0.15) is 31.0 Å². The molecular formula is C18H21NO3. The SMILES string of the molecule is CCc1c2n(ccc1=O)C(C)Cc1cc(OC)c(OC)cc1-2. The van der Waals surface area contributed by atoms with Crippen LogP contribution in [0.2, 0.25) is 0 Å². The van der Waals surface area contributed by atoms with Gasteiger partial charge in [-0.15, -0.1) is 0 Å². The Morgan fingerprint density at radius 3 is 2.55 bits per heavy atom. The van der Waals surface area contributed by atoms with Crippen molar-refractivity contribution < 1.29 is 9.47 Å². The fourth-order valence-corrected chi connectivity index (χ4v) is 3.33. The number of aromatic nitrogens is 1. The van der Waals surface area contributed by atoms with Gasteiger partial charge in [0.25, 0.3) is 0 Å². The van der Waals surface area contributed by atoms with Gasteiger partial charge < -0.3 is 14.0 Å². The predicted octanol–water partition coefficient (Wildman–Crippen LogP) is 3.21. The molecule has 3 rings (SSSR count). The van der Waals surface area contributed by atoms with Crippen LogP contribution in [0.25, 0.3) is 11.3 Å². The molecule has 2 aromatic rings. The highest BCUT2D eigenvalue weighted by atomic mass is 16.5. The summed E-state index contributed by atoms with van der Waals surface area (Å²) in [5.41, 5.74) is 4.26. The highest BCUT2D eigenvalue weighted by Gasteiger charge is 2.25. The first-order chi connectivity index (χ1) is 10.6. The van der Waals surface area contributed by atoms with Gasteiger partial charge in [-0.1, -0.05) is 6.92 Å². The summed E-state index contributed by atoms with van der Waals surface area (Å²) in [4.78, 5) is 12.2. The molecule has 1 aliphatic rings. The van der Waals surface area contributed by atoms with Gasteiger partial charge in [0.05, 0.1) is 19.9 Å². The second-order valence-corrected chi connectivity index (χ2v) is 5.69. The first-order valence-corrected chi connectivity index (χ1v) is 7.60. The van der Waals surface area contributed by atoms with E-state index in [4.69, 9.17) is 9.47 Å². The molecule has 0 aliphatic carbocycles. The number of ether oxygens (including phenoxy) is 2. The van der Waals surface area contributed by atoms with Crippen LogP contribution in [0.3, 0.4) is 0 Å². The zero-order valence-electron chi connectivity index (χ0n) is 13.5. The first-order valence-electron chi connectivity index (χ1n) is 7.60. The van der Waals surface area contributed by atoms with Crippen molar-refractivity contribution >= 4 is 0 Å². The fraction of sp³-hybridized carbons (Fsp3) is 0.389. The molecule has 1 aromatic carbocycles. The average Bonchev–Trinajstić information content (AvgIpc) is 2.53. The van der Waals surface area contributed by atoms with Crippen LogP contribution in [0.4, 0.5) is 0 Å². The Balaban J connectivity index is 2.35. The van der Waals surface area contributed by atoms with Crippen molar-refractivity contribution in [3.8, 4) is 22.8 Å². The molecule has 1 aliphatic heterocycles. The second kappa shape index (κ2) is 5.52. The fourth-order valence-electron chi connectivity index (χ4n) is 3.33. The largest absolute Gasteiger partial charge is 0.493 e. The molecule has 0 amide bonds. The molecule has 1 aromatic heterocycles. The van der Waals surface area contributed by atoms with E-state index < -0.39 is 0 Å². The zero-order chi connectivity index (χ0) is 15.9. The normalized spacial score (nSPS) is 15.9. The van der Waals surface area contributed by atoms with E-state index in [9.17, 15) is 4.79 Å². The number of hydrogen-bond acceptors (Lipinski definition) is 3. The Kier molecular flexibility index (Phi) is 3.69. The molecule has 116 valence electrons. The lowest BCUT2D eigenvalue weighted by Gasteiger charge is -2.30. The number of fused-ring (bicyclic) bond motifs is 3. The summed E-state index contributed by atoms with van der Waals surface area (Å²) in [6.45, 7) is 4.20. The van der Waals surface area contributed by atoms with Crippen molar-refractivity contribution in [3.63, 3.8) is 0 Å². The standard InChI is InChI=1S/C18H21NO3/c1-5-13-15(20)6-7-19-11(2)8-12-9-16(21-3)17(22-4)10-14(12)18(13)19/h6-7,9-11H,5,8H2,1-4H3. The van der Waals surface area contributed by atoms with E-state index in [1.807, 2.05) is 25.3 Å². The van der Waals surface area contributed by atoms with Crippen LogP contribution >= 0.6 is 0 Å². The van der Waals surface area contributed by atoms with E-state index in [2.05, 4.69) is 11.5 Å². The average molecular weight is 299 g/mol. The van der Waals surface area contributed by atoms with Crippen LogP contribution in [-0.4, -0.2) is 18.8 Å². The molecule has 22 heavy (non-hydrogen) atoms. The van der Waals surface area contributed by atoms with Crippen LogP contribution in [-0.2, 0) is 12.8 Å². The quantitative estimate of drug-likeness (QED) is 0.874. The molecule has 4 nitrogen and oxygen atoms in total. The number of pyridine rings is 1. The third-order valence-corrected chi connectivity index (χ3v) is 4.44. The van der Waals surface area contributed by atoms with Gasteiger partial charge in [0.2, 0.25) is 0 Å². The smallest absolute Gasteiger partial charge is 0.185 e. The van der Waals surface area contributed by atoms with Gasteiger partial charge in [0.1, 0.15) is 0 Å². The zero-order valence-corrected chi connectivity index (χ0v) is 13.5. The maximum absolute atomic E-state index is 12.2. The van der Waals surface area contributed by atoms with E-state index in [0.29, 0.717) is 11.8 Å². The maximum atomic E-state index is 12.2. The summed E-state index contributed by atoms with van der Waals surface area (Å²) in [6, 6.07) is 6.01. The van der Waals surface area contributed by atoms with E-state index in [-0.39, 0.29) is 5.43 Å². The Labute approximate surface area is 130 Å². The topological polar surface area (TPSA) is 40.5 Å². The number of methoxy groups -OCH3 is 2. The number of hydrogen-bond donors (Lipinski definition) is 0. The van der Waals surface area contributed by atoms with Gasteiger partial charge >= 0.3 is 0 Å².